The minimum atomic E-state index is -4.99. The molecule has 14 heteroatoms. The standard InChI is InChI=1S/C25H21ClF4N2O7/c1-31-20(25(28,29)30)11-21(33)32(24(31)35)16-10-19(14(26)9-15(16)27)38-17-5-3-4-6-18(17)39-23(36-2)22(34)37-12-13-7-8-13/h3-6,9-11,13,23H,7-8,12H2,1-2H3. The first-order chi connectivity index (χ1) is 18.4. The summed E-state index contributed by atoms with van der Waals surface area (Å²) in [6.07, 6.45) is -4.50. The molecule has 1 aromatic heterocycles. The molecule has 0 saturated heterocycles. The number of para-hydroxylation sites is 2. The Hall–Kier alpha value is -3.84. The van der Waals surface area contributed by atoms with Crippen molar-refractivity contribution in [2.75, 3.05) is 13.7 Å². The van der Waals surface area contributed by atoms with Gasteiger partial charge in [0, 0.05) is 26.3 Å². The lowest BCUT2D eigenvalue weighted by Gasteiger charge is -2.19. The topological polar surface area (TPSA) is 98.0 Å². The molecule has 3 aromatic rings. The van der Waals surface area contributed by atoms with Crippen LogP contribution in [0.5, 0.6) is 17.2 Å². The molecule has 0 radical (unpaired) electrons. The first kappa shape index (κ1) is 28.2. The summed E-state index contributed by atoms with van der Waals surface area (Å²) in [6, 6.07) is 7.74. The fourth-order valence-corrected chi connectivity index (χ4v) is 3.69. The molecule has 1 saturated carbocycles. The van der Waals surface area contributed by atoms with E-state index < -0.39 is 46.9 Å². The van der Waals surface area contributed by atoms with Crippen molar-refractivity contribution < 1.29 is 41.3 Å². The maximum absolute atomic E-state index is 14.8. The van der Waals surface area contributed by atoms with Gasteiger partial charge in [-0.15, -0.1) is 0 Å². The Morgan fingerprint density at radius 1 is 1.10 bits per heavy atom. The van der Waals surface area contributed by atoms with Gasteiger partial charge in [0.15, 0.2) is 11.5 Å². The van der Waals surface area contributed by atoms with Gasteiger partial charge in [-0.05, 0) is 37.0 Å². The van der Waals surface area contributed by atoms with Crippen molar-refractivity contribution in [2.24, 2.45) is 13.0 Å². The highest BCUT2D eigenvalue weighted by molar-refractivity contribution is 6.32. The molecule has 0 amide bonds. The number of methoxy groups -OCH3 is 1. The molecular formula is C25H21ClF4N2O7. The maximum atomic E-state index is 14.8. The Bertz CT molecular complexity index is 1520. The van der Waals surface area contributed by atoms with Crippen LogP contribution in [0.2, 0.25) is 5.02 Å². The average molecular weight is 573 g/mol. The van der Waals surface area contributed by atoms with Crippen molar-refractivity contribution in [2.45, 2.75) is 25.3 Å². The number of carbonyl (C=O) groups is 1. The Kier molecular flexibility index (Phi) is 8.02. The summed E-state index contributed by atoms with van der Waals surface area (Å²) in [6.45, 7) is 0.233. The second-order valence-electron chi connectivity index (χ2n) is 8.58. The molecular weight excluding hydrogens is 552 g/mol. The normalized spacial score (nSPS) is 14.1. The zero-order valence-corrected chi connectivity index (χ0v) is 21.2. The van der Waals surface area contributed by atoms with Crippen LogP contribution in [-0.2, 0) is 27.5 Å². The van der Waals surface area contributed by atoms with Crippen molar-refractivity contribution in [1.29, 1.82) is 0 Å². The molecule has 2 aromatic carbocycles. The van der Waals surface area contributed by atoms with E-state index in [0.29, 0.717) is 5.92 Å². The molecule has 208 valence electrons. The first-order valence-corrected chi connectivity index (χ1v) is 11.8. The number of carbonyl (C=O) groups excluding carboxylic acids is 1. The summed E-state index contributed by atoms with van der Waals surface area (Å²) in [5.41, 5.74) is -5.08. The average Bonchev–Trinajstić information content (AvgIpc) is 3.70. The van der Waals surface area contributed by atoms with Crippen LogP contribution >= 0.6 is 11.6 Å². The highest BCUT2D eigenvalue weighted by Gasteiger charge is 2.35. The summed E-state index contributed by atoms with van der Waals surface area (Å²) in [5.74, 6) is -1.93. The predicted molar refractivity (Wildman–Crippen MR) is 129 cm³/mol. The van der Waals surface area contributed by atoms with E-state index in [1.165, 1.54) is 19.2 Å². The molecule has 39 heavy (non-hydrogen) atoms. The van der Waals surface area contributed by atoms with Gasteiger partial charge in [0.2, 0.25) is 0 Å². The zero-order chi connectivity index (χ0) is 28.5. The zero-order valence-electron chi connectivity index (χ0n) is 20.5. The number of halogens is 5. The van der Waals surface area contributed by atoms with Crippen LogP contribution in [0, 0.1) is 11.7 Å². The van der Waals surface area contributed by atoms with Gasteiger partial charge in [-0.3, -0.25) is 9.36 Å². The third kappa shape index (κ3) is 6.25. The number of rotatable bonds is 9. The van der Waals surface area contributed by atoms with Crippen LogP contribution in [0.1, 0.15) is 18.5 Å². The van der Waals surface area contributed by atoms with Crippen molar-refractivity contribution in [3.05, 3.63) is 79.8 Å². The second-order valence-corrected chi connectivity index (χ2v) is 8.99. The summed E-state index contributed by atoms with van der Waals surface area (Å²) < 4.78 is 76.4. The fraction of sp³-hybridized carbons (Fsp3) is 0.320. The summed E-state index contributed by atoms with van der Waals surface area (Å²) in [5, 5.41) is -0.296. The molecule has 0 N–H and O–H groups in total. The monoisotopic (exact) mass is 572 g/mol. The van der Waals surface area contributed by atoms with Gasteiger partial charge in [-0.2, -0.15) is 13.2 Å². The molecule has 1 aliphatic carbocycles. The highest BCUT2D eigenvalue weighted by atomic mass is 35.5. The van der Waals surface area contributed by atoms with Crippen LogP contribution in [0.4, 0.5) is 17.6 Å². The van der Waals surface area contributed by atoms with Crippen molar-refractivity contribution in [3.63, 3.8) is 0 Å². The quantitative estimate of drug-likeness (QED) is 0.212. The Morgan fingerprint density at radius 3 is 2.38 bits per heavy atom. The van der Waals surface area contributed by atoms with E-state index in [2.05, 4.69) is 0 Å². The van der Waals surface area contributed by atoms with E-state index in [-0.39, 0.29) is 44.1 Å². The third-order valence-corrected chi connectivity index (χ3v) is 6.02. The number of nitrogens with zero attached hydrogens (tertiary/aromatic N) is 2. The molecule has 1 atom stereocenters. The lowest BCUT2D eigenvalue weighted by Crippen LogP contribution is -2.41. The lowest BCUT2D eigenvalue weighted by atomic mass is 10.2. The minimum Gasteiger partial charge on any atom is -0.461 e. The van der Waals surface area contributed by atoms with Crippen LogP contribution in [0.3, 0.4) is 0 Å². The number of hydrogen-bond acceptors (Lipinski definition) is 7. The Labute approximate surface area is 223 Å². The van der Waals surface area contributed by atoms with Crippen LogP contribution in [-0.4, -0.2) is 35.1 Å². The second kappa shape index (κ2) is 11.1. The first-order valence-electron chi connectivity index (χ1n) is 11.4. The van der Waals surface area contributed by atoms with Crippen molar-refractivity contribution in [1.82, 2.24) is 9.13 Å². The molecule has 0 spiro atoms. The van der Waals surface area contributed by atoms with Crippen molar-refractivity contribution in [3.8, 4) is 22.9 Å². The number of ether oxygens (including phenoxy) is 4. The van der Waals surface area contributed by atoms with Gasteiger partial charge in [0.05, 0.1) is 17.3 Å². The smallest absolute Gasteiger partial charge is 0.431 e. The number of hydrogen-bond donors (Lipinski definition) is 0. The van der Waals surface area contributed by atoms with E-state index in [9.17, 15) is 31.9 Å². The fourth-order valence-electron chi connectivity index (χ4n) is 3.50. The van der Waals surface area contributed by atoms with E-state index in [1.807, 2.05) is 0 Å². The van der Waals surface area contributed by atoms with E-state index in [4.69, 9.17) is 30.5 Å². The van der Waals surface area contributed by atoms with Gasteiger partial charge in [-0.1, -0.05) is 23.7 Å². The van der Waals surface area contributed by atoms with E-state index >= 15 is 0 Å². The molecule has 4 rings (SSSR count). The minimum absolute atomic E-state index is 0.00252. The van der Waals surface area contributed by atoms with Crippen molar-refractivity contribution >= 4 is 17.6 Å². The molecule has 0 aliphatic heterocycles. The number of esters is 1. The molecule has 0 bridgehead atoms. The molecule has 1 aliphatic rings. The summed E-state index contributed by atoms with van der Waals surface area (Å²) in [7, 11) is 2.03. The summed E-state index contributed by atoms with van der Waals surface area (Å²) >= 11 is 6.12. The lowest BCUT2D eigenvalue weighted by molar-refractivity contribution is -0.173. The van der Waals surface area contributed by atoms with Crippen LogP contribution < -0.4 is 20.7 Å². The largest absolute Gasteiger partial charge is 0.461 e. The molecule has 9 nitrogen and oxygen atoms in total. The van der Waals surface area contributed by atoms with Gasteiger partial charge < -0.3 is 18.9 Å². The van der Waals surface area contributed by atoms with E-state index in [1.54, 1.807) is 12.1 Å². The SMILES string of the molecule is COC(Oc1ccccc1Oc1cc(-n2c(=O)cc(C(F)(F)F)n(C)c2=O)c(F)cc1Cl)C(=O)OCC1CC1. The summed E-state index contributed by atoms with van der Waals surface area (Å²) in [4.78, 5) is 37.5. The van der Waals surface area contributed by atoms with Crippen LogP contribution in [0.25, 0.3) is 5.69 Å². The van der Waals surface area contributed by atoms with Gasteiger partial charge in [0.1, 0.15) is 17.3 Å². The van der Waals surface area contributed by atoms with Gasteiger partial charge in [-0.25, -0.2) is 18.5 Å². The third-order valence-electron chi connectivity index (χ3n) is 5.72. The number of benzene rings is 2. The van der Waals surface area contributed by atoms with Crippen LogP contribution in [0.15, 0.2) is 52.1 Å². The molecule has 1 fully saturated rings. The Morgan fingerprint density at radius 2 is 1.77 bits per heavy atom. The molecule has 1 heterocycles. The van der Waals surface area contributed by atoms with Gasteiger partial charge in [0.25, 0.3) is 11.8 Å². The van der Waals surface area contributed by atoms with E-state index in [0.717, 1.165) is 32.0 Å². The predicted octanol–water partition coefficient (Wildman–Crippen LogP) is 4.44. The Balaban J connectivity index is 1.67. The number of aromatic nitrogens is 2. The van der Waals surface area contributed by atoms with Gasteiger partial charge >= 0.3 is 17.8 Å². The number of alkyl halides is 3. The maximum Gasteiger partial charge on any atom is 0.431 e. The highest BCUT2D eigenvalue weighted by Crippen LogP contribution is 2.37. The molecule has 1 unspecified atom stereocenters.